The first-order chi connectivity index (χ1) is 8.49. The highest BCUT2D eigenvalue weighted by atomic mass is 32.2. The first kappa shape index (κ1) is 12.7. The summed E-state index contributed by atoms with van der Waals surface area (Å²) in [4.78, 5) is 6.45. The third-order valence-corrected chi connectivity index (χ3v) is 3.86. The number of aryl methyl sites for hydroxylation is 1. The van der Waals surface area contributed by atoms with Gasteiger partial charge >= 0.3 is 0 Å². The minimum atomic E-state index is -3.71. The average Bonchev–Trinajstić information content (AvgIpc) is 2.83. The van der Waals surface area contributed by atoms with Crippen LogP contribution in [0.15, 0.2) is 35.6 Å². The van der Waals surface area contributed by atoms with Crippen LogP contribution in [-0.4, -0.2) is 18.4 Å². The van der Waals surface area contributed by atoms with Crippen molar-refractivity contribution in [3.8, 4) is 0 Å². The molecule has 0 aliphatic rings. The number of nitrogens with one attached hydrogen (secondary N) is 2. The maximum Gasteiger partial charge on any atom is 0.241 e. The van der Waals surface area contributed by atoms with Gasteiger partial charge in [-0.1, -0.05) is 6.07 Å². The van der Waals surface area contributed by atoms with Crippen LogP contribution in [0.3, 0.4) is 0 Å². The van der Waals surface area contributed by atoms with Crippen molar-refractivity contribution in [1.82, 2.24) is 14.7 Å². The Morgan fingerprint density at radius 3 is 2.83 bits per heavy atom. The molecule has 96 valence electrons. The summed E-state index contributed by atoms with van der Waals surface area (Å²) in [7, 11) is -3.71. The van der Waals surface area contributed by atoms with E-state index < -0.39 is 15.8 Å². The SMILES string of the molecule is Cc1ccc(S(=O)(=O)NCc2cnc[nH]2)cc1F. The molecule has 1 aromatic carbocycles. The molecule has 2 aromatic rings. The molecule has 0 spiro atoms. The monoisotopic (exact) mass is 269 g/mol. The lowest BCUT2D eigenvalue weighted by atomic mass is 10.2. The van der Waals surface area contributed by atoms with Gasteiger partial charge in [0.25, 0.3) is 0 Å². The molecule has 0 saturated carbocycles. The Bertz CT molecular complexity index is 638. The molecule has 1 aromatic heterocycles. The number of aromatic nitrogens is 2. The molecule has 0 amide bonds. The zero-order valence-electron chi connectivity index (χ0n) is 9.64. The lowest BCUT2D eigenvalue weighted by Crippen LogP contribution is -2.23. The van der Waals surface area contributed by atoms with Gasteiger partial charge in [0.1, 0.15) is 5.82 Å². The molecule has 0 aliphatic heterocycles. The smallest absolute Gasteiger partial charge is 0.241 e. The normalized spacial score (nSPS) is 11.7. The Labute approximate surface area is 104 Å². The zero-order valence-corrected chi connectivity index (χ0v) is 10.5. The quantitative estimate of drug-likeness (QED) is 0.879. The summed E-state index contributed by atoms with van der Waals surface area (Å²) in [5, 5.41) is 0. The highest BCUT2D eigenvalue weighted by molar-refractivity contribution is 7.89. The van der Waals surface area contributed by atoms with Gasteiger partial charge in [0, 0.05) is 11.9 Å². The third-order valence-electron chi connectivity index (χ3n) is 2.46. The second-order valence-corrected chi connectivity index (χ2v) is 5.58. The highest BCUT2D eigenvalue weighted by Crippen LogP contribution is 2.14. The fraction of sp³-hybridized carbons (Fsp3) is 0.182. The molecular formula is C11H12FN3O2S. The Morgan fingerprint density at radius 1 is 1.44 bits per heavy atom. The molecule has 0 unspecified atom stereocenters. The first-order valence-electron chi connectivity index (χ1n) is 5.22. The van der Waals surface area contributed by atoms with E-state index in [1.54, 1.807) is 6.92 Å². The van der Waals surface area contributed by atoms with Crippen LogP contribution < -0.4 is 4.72 Å². The summed E-state index contributed by atoms with van der Waals surface area (Å²) < 4.78 is 39.4. The van der Waals surface area contributed by atoms with Crippen LogP contribution in [0, 0.1) is 12.7 Å². The molecule has 0 radical (unpaired) electrons. The van der Waals surface area contributed by atoms with E-state index in [0.29, 0.717) is 11.3 Å². The van der Waals surface area contributed by atoms with Crippen molar-refractivity contribution in [3.63, 3.8) is 0 Å². The van der Waals surface area contributed by atoms with Gasteiger partial charge in [-0.2, -0.15) is 0 Å². The number of benzene rings is 1. The number of hydrogen-bond acceptors (Lipinski definition) is 3. The van der Waals surface area contributed by atoms with Crippen molar-refractivity contribution < 1.29 is 12.8 Å². The summed E-state index contributed by atoms with van der Waals surface area (Å²) in [5.41, 5.74) is 1.04. The van der Waals surface area contributed by atoms with Gasteiger partial charge in [-0.25, -0.2) is 22.5 Å². The highest BCUT2D eigenvalue weighted by Gasteiger charge is 2.15. The summed E-state index contributed by atoms with van der Waals surface area (Å²) >= 11 is 0. The fourth-order valence-corrected chi connectivity index (χ4v) is 2.40. The number of H-pyrrole nitrogens is 1. The first-order valence-corrected chi connectivity index (χ1v) is 6.70. The summed E-state index contributed by atoms with van der Waals surface area (Å²) in [6.07, 6.45) is 2.97. The molecule has 2 N–H and O–H groups in total. The number of hydrogen-bond donors (Lipinski definition) is 2. The van der Waals surface area contributed by atoms with Gasteiger partial charge in [0.2, 0.25) is 10.0 Å². The van der Waals surface area contributed by atoms with Gasteiger partial charge in [0.15, 0.2) is 0 Å². The molecule has 7 heteroatoms. The van der Waals surface area contributed by atoms with Crippen LogP contribution in [0.5, 0.6) is 0 Å². The Hall–Kier alpha value is -1.73. The van der Waals surface area contributed by atoms with E-state index in [9.17, 15) is 12.8 Å². The second-order valence-electron chi connectivity index (χ2n) is 3.81. The van der Waals surface area contributed by atoms with Crippen LogP contribution in [0.2, 0.25) is 0 Å². The fourth-order valence-electron chi connectivity index (χ4n) is 1.38. The predicted octanol–water partition coefficient (Wildman–Crippen LogP) is 1.34. The molecule has 18 heavy (non-hydrogen) atoms. The lowest BCUT2D eigenvalue weighted by molar-refractivity contribution is 0.575. The molecule has 0 fully saturated rings. The van der Waals surface area contributed by atoms with Crippen molar-refractivity contribution in [2.45, 2.75) is 18.4 Å². The third kappa shape index (κ3) is 2.74. The number of nitrogens with zero attached hydrogens (tertiary/aromatic N) is 1. The number of sulfonamides is 1. The van der Waals surface area contributed by atoms with Crippen molar-refractivity contribution >= 4 is 10.0 Å². The van der Waals surface area contributed by atoms with E-state index in [-0.39, 0.29) is 11.4 Å². The van der Waals surface area contributed by atoms with Crippen molar-refractivity contribution in [3.05, 3.63) is 47.8 Å². The van der Waals surface area contributed by atoms with Crippen LogP contribution in [0.4, 0.5) is 4.39 Å². The van der Waals surface area contributed by atoms with Gasteiger partial charge < -0.3 is 4.98 Å². The molecular weight excluding hydrogens is 257 g/mol. The largest absolute Gasteiger partial charge is 0.347 e. The van der Waals surface area contributed by atoms with E-state index in [1.165, 1.54) is 24.7 Å². The molecule has 2 rings (SSSR count). The van der Waals surface area contributed by atoms with E-state index in [0.717, 1.165) is 6.07 Å². The van der Waals surface area contributed by atoms with Gasteiger partial charge in [-0.05, 0) is 24.6 Å². The molecule has 5 nitrogen and oxygen atoms in total. The lowest BCUT2D eigenvalue weighted by Gasteiger charge is -2.06. The van der Waals surface area contributed by atoms with E-state index >= 15 is 0 Å². The minimum absolute atomic E-state index is 0.0812. The molecule has 0 saturated heterocycles. The number of halogens is 1. The van der Waals surface area contributed by atoms with E-state index in [4.69, 9.17) is 0 Å². The summed E-state index contributed by atoms with van der Waals surface area (Å²) in [5.74, 6) is -0.542. The Morgan fingerprint density at radius 2 is 2.22 bits per heavy atom. The van der Waals surface area contributed by atoms with Crippen LogP contribution in [-0.2, 0) is 16.6 Å². The molecule has 0 bridgehead atoms. The average molecular weight is 269 g/mol. The summed E-state index contributed by atoms with van der Waals surface area (Å²) in [6.45, 7) is 1.65. The van der Waals surface area contributed by atoms with Crippen molar-refractivity contribution in [2.24, 2.45) is 0 Å². The summed E-state index contributed by atoms with van der Waals surface area (Å²) in [6, 6.07) is 3.80. The molecule has 0 aliphatic carbocycles. The topological polar surface area (TPSA) is 74.8 Å². The Kier molecular flexibility index (Phi) is 3.44. The van der Waals surface area contributed by atoms with Gasteiger partial charge in [-0.3, -0.25) is 0 Å². The maximum atomic E-state index is 13.3. The molecule has 1 heterocycles. The predicted molar refractivity (Wildman–Crippen MR) is 63.8 cm³/mol. The van der Waals surface area contributed by atoms with E-state index in [1.807, 2.05) is 0 Å². The van der Waals surface area contributed by atoms with Crippen LogP contribution in [0.1, 0.15) is 11.3 Å². The second kappa shape index (κ2) is 4.87. The van der Waals surface area contributed by atoms with Gasteiger partial charge in [0.05, 0.1) is 17.8 Å². The van der Waals surface area contributed by atoms with Crippen molar-refractivity contribution in [1.29, 1.82) is 0 Å². The number of rotatable bonds is 4. The van der Waals surface area contributed by atoms with Crippen molar-refractivity contribution in [2.75, 3.05) is 0 Å². The number of aromatic amines is 1. The standard InChI is InChI=1S/C11H12FN3O2S/c1-8-2-3-10(4-11(8)12)18(16,17)15-6-9-5-13-7-14-9/h2-5,7,15H,6H2,1H3,(H,13,14). The van der Waals surface area contributed by atoms with Gasteiger partial charge in [-0.15, -0.1) is 0 Å². The maximum absolute atomic E-state index is 13.3. The van der Waals surface area contributed by atoms with Crippen LogP contribution in [0.25, 0.3) is 0 Å². The Balaban J connectivity index is 2.17. The van der Waals surface area contributed by atoms with E-state index in [2.05, 4.69) is 14.7 Å². The number of imidazole rings is 1. The molecule has 0 atom stereocenters. The minimum Gasteiger partial charge on any atom is -0.347 e. The zero-order chi connectivity index (χ0) is 13.2. The van der Waals surface area contributed by atoms with Crippen LogP contribution >= 0.6 is 0 Å².